The summed E-state index contributed by atoms with van der Waals surface area (Å²) in [5, 5.41) is 5.41. The molecule has 2 aromatic carbocycles. The molecule has 0 spiro atoms. The third-order valence-corrected chi connectivity index (χ3v) is 3.95. The van der Waals surface area contributed by atoms with E-state index in [0.29, 0.717) is 21.8 Å². The van der Waals surface area contributed by atoms with Gasteiger partial charge in [0.1, 0.15) is 5.75 Å². The molecule has 1 atom stereocenters. The van der Waals surface area contributed by atoms with Crippen molar-refractivity contribution in [3.05, 3.63) is 63.6 Å². The molecule has 0 fully saturated rings. The van der Waals surface area contributed by atoms with Crippen molar-refractivity contribution >= 4 is 39.5 Å². The van der Waals surface area contributed by atoms with E-state index in [9.17, 15) is 9.59 Å². The molecule has 2 N–H and O–H groups in total. The molecule has 0 aliphatic carbocycles. The van der Waals surface area contributed by atoms with Gasteiger partial charge >= 0.3 is 6.03 Å². The van der Waals surface area contributed by atoms with E-state index in [1.807, 2.05) is 30.3 Å². The Hall–Kier alpha value is -2.05. The van der Waals surface area contributed by atoms with Crippen LogP contribution in [0.15, 0.2) is 53.0 Å². The number of benzene rings is 2. The molecule has 3 amide bonds. The van der Waals surface area contributed by atoms with Crippen LogP contribution in [-0.4, -0.2) is 18.0 Å². The number of hydrogen-bond donors (Lipinski definition) is 2. The van der Waals surface area contributed by atoms with Crippen LogP contribution in [0.1, 0.15) is 12.5 Å². The number of urea groups is 1. The maximum Gasteiger partial charge on any atom is 0.321 e. The quantitative estimate of drug-likeness (QED) is 0.784. The zero-order valence-corrected chi connectivity index (χ0v) is 15.2. The van der Waals surface area contributed by atoms with Gasteiger partial charge in [0.05, 0.1) is 4.47 Å². The summed E-state index contributed by atoms with van der Waals surface area (Å²) in [6, 6.07) is 13.8. The molecular weight excluding hydrogens is 396 g/mol. The van der Waals surface area contributed by atoms with Crippen LogP contribution in [0.3, 0.4) is 0 Å². The maximum absolute atomic E-state index is 12.0. The number of carbonyl (C=O) groups is 2. The van der Waals surface area contributed by atoms with Gasteiger partial charge in [-0.25, -0.2) is 4.79 Å². The molecule has 0 aromatic heterocycles. The highest BCUT2D eigenvalue weighted by atomic mass is 79.9. The number of carbonyl (C=O) groups excluding carboxylic acids is 2. The molecule has 7 heteroatoms. The van der Waals surface area contributed by atoms with Gasteiger partial charge in [0, 0.05) is 11.6 Å². The summed E-state index contributed by atoms with van der Waals surface area (Å²) in [6.07, 6.45) is -0.843. The number of hydrogen-bond acceptors (Lipinski definition) is 3. The number of imide groups is 1. The highest BCUT2D eigenvalue weighted by Gasteiger charge is 2.18. The summed E-state index contributed by atoms with van der Waals surface area (Å²) in [5.74, 6) is -0.0749. The zero-order valence-electron chi connectivity index (χ0n) is 12.9. The van der Waals surface area contributed by atoms with Crippen LogP contribution in [0.2, 0.25) is 5.02 Å². The van der Waals surface area contributed by atoms with Crippen molar-refractivity contribution in [1.82, 2.24) is 10.6 Å². The van der Waals surface area contributed by atoms with Crippen molar-refractivity contribution < 1.29 is 14.3 Å². The second-order valence-corrected chi connectivity index (χ2v) is 6.28. The lowest BCUT2D eigenvalue weighted by molar-refractivity contribution is -0.126. The highest BCUT2D eigenvalue weighted by Crippen LogP contribution is 2.28. The Morgan fingerprint density at radius 2 is 1.92 bits per heavy atom. The predicted molar refractivity (Wildman–Crippen MR) is 96.1 cm³/mol. The smallest absolute Gasteiger partial charge is 0.321 e. The van der Waals surface area contributed by atoms with Gasteiger partial charge in [-0.05, 0) is 46.6 Å². The number of nitrogens with one attached hydrogen (secondary N) is 2. The lowest BCUT2D eigenvalue weighted by Crippen LogP contribution is -2.44. The van der Waals surface area contributed by atoms with E-state index in [1.54, 1.807) is 25.1 Å². The molecule has 126 valence electrons. The van der Waals surface area contributed by atoms with Crippen molar-refractivity contribution in [3.8, 4) is 5.75 Å². The summed E-state index contributed by atoms with van der Waals surface area (Å²) in [5.41, 5.74) is 0.939. The second-order valence-electron chi connectivity index (χ2n) is 4.99. The Morgan fingerprint density at radius 3 is 2.58 bits per heavy atom. The summed E-state index contributed by atoms with van der Waals surface area (Å²) in [4.78, 5) is 23.8. The highest BCUT2D eigenvalue weighted by molar-refractivity contribution is 9.10. The first-order valence-electron chi connectivity index (χ1n) is 7.20. The van der Waals surface area contributed by atoms with Crippen LogP contribution in [0.25, 0.3) is 0 Å². The van der Waals surface area contributed by atoms with Crippen molar-refractivity contribution in [2.75, 3.05) is 0 Å². The summed E-state index contributed by atoms with van der Waals surface area (Å²) in [7, 11) is 0. The second kappa shape index (κ2) is 8.70. The van der Waals surface area contributed by atoms with Crippen LogP contribution >= 0.6 is 27.5 Å². The minimum absolute atomic E-state index is 0.331. The Morgan fingerprint density at radius 1 is 1.21 bits per heavy atom. The monoisotopic (exact) mass is 410 g/mol. The first-order chi connectivity index (χ1) is 11.5. The molecule has 0 aliphatic heterocycles. The molecule has 0 saturated heterocycles. The van der Waals surface area contributed by atoms with Crippen molar-refractivity contribution in [3.63, 3.8) is 0 Å². The molecular formula is C17H16BrClN2O3. The van der Waals surface area contributed by atoms with Crippen molar-refractivity contribution in [2.24, 2.45) is 0 Å². The van der Waals surface area contributed by atoms with E-state index in [1.165, 1.54) is 0 Å². The van der Waals surface area contributed by atoms with E-state index in [-0.39, 0.29) is 0 Å². The normalized spacial score (nSPS) is 11.5. The number of amides is 3. The average Bonchev–Trinajstić information content (AvgIpc) is 2.56. The number of halogens is 2. The Bertz CT molecular complexity index is 725. The van der Waals surface area contributed by atoms with Gasteiger partial charge in [-0.2, -0.15) is 0 Å². The SMILES string of the molecule is C[C@@H](Oc1ccc(Cl)cc1Br)C(=O)NC(=O)NCc1ccccc1. The first-order valence-corrected chi connectivity index (χ1v) is 8.37. The van der Waals surface area contributed by atoms with Crippen molar-refractivity contribution in [2.45, 2.75) is 19.6 Å². The van der Waals surface area contributed by atoms with Gasteiger partial charge in [0.15, 0.2) is 6.10 Å². The van der Waals surface area contributed by atoms with Crippen molar-refractivity contribution in [1.29, 1.82) is 0 Å². The predicted octanol–water partition coefficient (Wildman–Crippen LogP) is 3.90. The average molecular weight is 412 g/mol. The molecule has 2 aromatic rings. The first kappa shape index (κ1) is 18.3. The van der Waals surface area contributed by atoms with Crippen LogP contribution in [-0.2, 0) is 11.3 Å². The molecule has 0 unspecified atom stereocenters. The zero-order chi connectivity index (χ0) is 17.5. The van der Waals surface area contributed by atoms with Gasteiger partial charge in [-0.1, -0.05) is 41.9 Å². The topological polar surface area (TPSA) is 67.4 Å². The van der Waals surface area contributed by atoms with E-state index < -0.39 is 18.0 Å². The van der Waals surface area contributed by atoms with Gasteiger partial charge < -0.3 is 10.1 Å². The van der Waals surface area contributed by atoms with E-state index in [4.69, 9.17) is 16.3 Å². The Balaban J connectivity index is 1.83. The van der Waals surface area contributed by atoms with Gasteiger partial charge in [0.2, 0.25) is 0 Å². The third-order valence-electron chi connectivity index (χ3n) is 3.10. The van der Waals surface area contributed by atoms with Gasteiger partial charge in [-0.15, -0.1) is 0 Å². The molecule has 2 rings (SSSR count). The molecule has 0 heterocycles. The minimum atomic E-state index is -0.843. The van der Waals surface area contributed by atoms with Gasteiger partial charge in [-0.3, -0.25) is 10.1 Å². The molecule has 24 heavy (non-hydrogen) atoms. The largest absolute Gasteiger partial charge is 0.480 e. The molecule has 0 radical (unpaired) electrons. The fourth-order valence-corrected chi connectivity index (χ4v) is 2.63. The lowest BCUT2D eigenvalue weighted by Gasteiger charge is -2.15. The lowest BCUT2D eigenvalue weighted by atomic mass is 10.2. The standard InChI is InChI=1S/C17H16BrClN2O3/c1-11(24-15-8-7-13(19)9-14(15)18)16(22)21-17(23)20-10-12-5-3-2-4-6-12/h2-9,11H,10H2,1H3,(H2,20,21,22,23)/t11-/m1/s1. The third kappa shape index (κ3) is 5.54. The van der Waals surface area contributed by atoms with Crippen LogP contribution in [0.4, 0.5) is 4.79 Å². The Kier molecular flexibility index (Phi) is 6.63. The Labute approximate surface area is 153 Å². The number of ether oxygens (including phenoxy) is 1. The number of rotatable bonds is 5. The summed E-state index contributed by atoms with van der Waals surface area (Å²) < 4.78 is 6.16. The van der Waals surface area contributed by atoms with Crippen LogP contribution < -0.4 is 15.4 Å². The summed E-state index contributed by atoms with van der Waals surface area (Å²) in [6.45, 7) is 1.89. The van der Waals surface area contributed by atoms with E-state index in [0.717, 1.165) is 5.56 Å². The minimum Gasteiger partial charge on any atom is -0.480 e. The maximum atomic E-state index is 12.0. The fraction of sp³-hybridized carbons (Fsp3) is 0.176. The van der Waals surface area contributed by atoms with Crippen LogP contribution in [0.5, 0.6) is 5.75 Å². The van der Waals surface area contributed by atoms with Gasteiger partial charge in [0.25, 0.3) is 5.91 Å². The van der Waals surface area contributed by atoms with E-state index in [2.05, 4.69) is 26.6 Å². The fourth-order valence-electron chi connectivity index (χ4n) is 1.85. The molecule has 0 saturated carbocycles. The molecule has 0 bridgehead atoms. The van der Waals surface area contributed by atoms with E-state index >= 15 is 0 Å². The molecule has 0 aliphatic rings. The summed E-state index contributed by atoms with van der Waals surface area (Å²) >= 11 is 9.16. The van der Waals surface area contributed by atoms with Crippen LogP contribution in [0, 0.1) is 0 Å². The molecule has 5 nitrogen and oxygen atoms in total.